The molecule has 3 rings (SSSR count). The molecular weight excluding hydrogens is 303 g/mol. The Kier molecular flexibility index (Phi) is 3.27. The van der Waals surface area contributed by atoms with E-state index >= 15 is 0 Å². The standard InChI is InChI=1S/C14H14F3NO2S/c15-14(16,17)10-3-5-11(6-4-10)21(19,20)13-12(7-8-18-13)9-1-2-9/h3-9,12-13,18H,1-2H2/t12-,13?/m0/s1. The monoisotopic (exact) mass is 317 g/mol. The van der Waals surface area contributed by atoms with Crippen LogP contribution in [0.4, 0.5) is 13.2 Å². The molecule has 0 saturated heterocycles. The lowest BCUT2D eigenvalue weighted by Gasteiger charge is -2.20. The van der Waals surface area contributed by atoms with Crippen molar-refractivity contribution in [3.8, 4) is 0 Å². The molecule has 0 aromatic heterocycles. The lowest BCUT2D eigenvalue weighted by Crippen LogP contribution is -2.36. The van der Waals surface area contributed by atoms with Crippen molar-refractivity contribution in [2.45, 2.75) is 29.3 Å². The molecule has 1 aromatic carbocycles. The molecule has 114 valence electrons. The SMILES string of the molecule is O=S(=O)(c1ccc(C(F)(F)F)cc1)C1NC=C[C@H]1C1CC1. The first-order valence-electron chi connectivity index (χ1n) is 6.64. The van der Waals surface area contributed by atoms with Gasteiger partial charge in [0.05, 0.1) is 10.5 Å². The van der Waals surface area contributed by atoms with Gasteiger partial charge in [0.2, 0.25) is 0 Å². The predicted octanol–water partition coefficient (Wildman–Crippen LogP) is 2.95. The summed E-state index contributed by atoms with van der Waals surface area (Å²) in [6.07, 6.45) is 0.983. The van der Waals surface area contributed by atoms with Gasteiger partial charge < -0.3 is 5.32 Å². The van der Waals surface area contributed by atoms with Crippen LogP contribution < -0.4 is 5.32 Å². The minimum atomic E-state index is -4.47. The number of hydrogen-bond acceptors (Lipinski definition) is 3. The summed E-state index contributed by atoms with van der Waals surface area (Å²) >= 11 is 0. The van der Waals surface area contributed by atoms with Gasteiger partial charge in [-0.3, -0.25) is 0 Å². The highest BCUT2D eigenvalue weighted by Crippen LogP contribution is 2.43. The molecule has 1 saturated carbocycles. The fourth-order valence-electron chi connectivity index (χ4n) is 2.64. The fourth-order valence-corrected chi connectivity index (χ4v) is 4.43. The minimum absolute atomic E-state index is 0.0812. The van der Waals surface area contributed by atoms with Crippen molar-refractivity contribution < 1.29 is 21.6 Å². The van der Waals surface area contributed by atoms with Crippen LogP contribution in [0.2, 0.25) is 0 Å². The van der Waals surface area contributed by atoms with E-state index in [2.05, 4.69) is 5.32 Å². The summed E-state index contributed by atoms with van der Waals surface area (Å²) in [4.78, 5) is -0.0812. The van der Waals surface area contributed by atoms with Crippen molar-refractivity contribution in [2.24, 2.45) is 11.8 Å². The van der Waals surface area contributed by atoms with E-state index in [4.69, 9.17) is 0 Å². The molecule has 1 heterocycles. The minimum Gasteiger partial charge on any atom is -0.375 e. The van der Waals surface area contributed by atoms with Crippen molar-refractivity contribution >= 4 is 9.84 Å². The molecule has 0 spiro atoms. The van der Waals surface area contributed by atoms with Crippen molar-refractivity contribution in [1.82, 2.24) is 5.32 Å². The number of sulfone groups is 1. The van der Waals surface area contributed by atoms with Crippen molar-refractivity contribution in [3.63, 3.8) is 0 Å². The Hall–Kier alpha value is -1.50. The molecule has 2 aliphatic rings. The molecule has 21 heavy (non-hydrogen) atoms. The second-order valence-electron chi connectivity index (χ2n) is 5.43. The van der Waals surface area contributed by atoms with Gasteiger partial charge >= 0.3 is 6.18 Å². The quantitative estimate of drug-likeness (QED) is 0.932. The van der Waals surface area contributed by atoms with E-state index in [1.807, 2.05) is 6.08 Å². The Labute approximate surface area is 120 Å². The van der Waals surface area contributed by atoms with Gasteiger partial charge in [0.15, 0.2) is 9.84 Å². The molecule has 7 heteroatoms. The third kappa shape index (κ3) is 2.66. The largest absolute Gasteiger partial charge is 0.416 e. The summed E-state index contributed by atoms with van der Waals surface area (Å²) in [5, 5.41) is 2.04. The Morgan fingerprint density at radius 2 is 1.71 bits per heavy atom. The Morgan fingerprint density at radius 1 is 1.10 bits per heavy atom. The van der Waals surface area contributed by atoms with Crippen LogP contribution in [-0.2, 0) is 16.0 Å². The zero-order chi connectivity index (χ0) is 15.3. The molecule has 1 N–H and O–H groups in total. The molecule has 2 atom stereocenters. The molecule has 1 aliphatic carbocycles. The highest BCUT2D eigenvalue weighted by atomic mass is 32.2. The third-order valence-corrected chi connectivity index (χ3v) is 5.99. The van der Waals surface area contributed by atoms with Crippen LogP contribution in [0, 0.1) is 11.8 Å². The van der Waals surface area contributed by atoms with Crippen LogP contribution in [0.1, 0.15) is 18.4 Å². The molecule has 0 bridgehead atoms. The van der Waals surface area contributed by atoms with Crippen LogP contribution in [-0.4, -0.2) is 13.8 Å². The van der Waals surface area contributed by atoms with Crippen molar-refractivity contribution in [1.29, 1.82) is 0 Å². The summed E-state index contributed by atoms with van der Waals surface area (Å²) in [7, 11) is -3.70. The van der Waals surface area contributed by atoms with Crippen molar-refractivity contribution in [3.05, 3.63) is 42.1 Å². The van der Waals surface area contributed by atoms with Gasteiger partial charge in [-0.15, -0.1) is 0 Å². The number of nitrogens with one attached hydrogen (secondary N) is 1. The number of benzene rings is 1. The number of alkyl halides is 3. The van der Waals surface area contributed by atoms with Crippen LogP contribution in [0.25, 0.3) is 0 Å². The van der Waals surface area contributed by atoms with Crippen LogP contribution >= 0.6 is 0 Å². The van der Waals surface area contributed by atoms with E-state index in [1.54, 1.807) is 6.20 Å². The first kappa shape index (κ1) is 14.4. The van der Waals surface area contributed by atoms with Gasteiger partial charge in [-0.2, -0.15) is 13.2 Å². The first-order chi connectivity index (χ1) is 9.80. The maximum absolute atomic E-state index is 12.6. The number of hydrogen-bond donors (Lipinski definition) is 1. The third-order valence-electron chi connectivity index (χ3n) is 3.94. The first-order valence-corrected chi connectivity index (χ1v) is 8.18. The molecular formula is C14H14F3NO2S. The molecule has 1 aliphatic heterocycles. The van der Waals surface area contributed by atoms with Gasteiger partial charge in [0, 0.05) is 5.92 Å². The Balaban J connectivity index is 1.88. The maximum Gasteiger partial charge on any atom is 0.416 e. The van der Waals surface area contributed by atoms with Crippen LogP contribution in [0.15, 0.2) is 41.4 Å². The molecule has 0 amide bonds. The second kappa shape index (κ2) is 4.76. The fraction of sp³-hybridized carbons (Fsp3) is 0.429. The second-order valence-corrected chi connectivity index (χ2v) is 7.50. The van der Waals surface area contributed by atoms with E-state index in [-0.39, 0.29) is 10.8 Å². The molecule has 1 fully saturated rings. The molecule has 1 unspecified atom stereocenters. The van der Waals surface area contributed by atoms with E-state index in [9.17, 15) is 21.6 Å². The normalized spacial score (nSPS) is 25.9. The average Bonchev–Trinajstić information content (AvgIpc) is 3.14. The topological polar surface area (TPSA) is 46.2 Å². The number of halogens is 3. The van der Waals surface area contributed by atoms with Crippen molar-refractivity contribution in [2.75, 3.05) is 0 Å². The summed E-state index contributed by atoms with van der Waals surface area (Å²) in [5.74, 6) is 0.253. The average molecular weight is 317 g/mol. The molecule has 1 aromatic rings. The van der Waals surface area contributed by atoms with E-state index in [0.29, 0.717) is 5.92 Å². The van der Waals surface area contributed by atoms with E-state index in [0.717, 1.165) is 37.1 Å². The summed E-state index contributed by atoms with van der Waals surface area (Å²) in [5.41, 5.74) is -0.849. The Morgan fingerprint density at radius 3 is 2.24 bits per heavy atom. The van der Waals surface area contributed by atoms with Gasteiger partial charge in [-0.1, -0.05) is 6.08 Å². The lowest BCUT2D eigenvalue weighted by atomic mass is 10.1. The summed E-state index contributed by atoms with van der Waals surface area (Å²) in [6.45, 7) is 0. The Bertz CT molecular complexity index is 660. The zero-order valence-electron chi connectivity index (χ0n) is 11.0. The molecule has 3 nitrogen and oxygen atoms in total. The van der Waals surface area contributed by atoms with E-state index in [1.165, 1.54) is 0 Å². The van der Waals surface area contributed by atoms with Gasteiger partial charge in [0.25, 0.3) is 0 Å². The van der Waals surface area contributed by atoms with Crippen LogP contribution in [0.5, 0.6) is 0 Å². The molecule has 0 radical (unpaired) electrons. The maximum atomic E-state index is 12.6. The highest BCUT2D eigenvalue weighted by Gasteiger charge is 2.43. The van der Waals surface area contributed by atoms with Gasteiger partial charge in [-0.25, -0.2) is 8.42 Å². The highest BCUT2D eigenvalue weighted by molar-refractivity contribution is 7.92. The smallest absolute Gasteiger partial charge is 0.375 e. The summed E-state index contributed by atoms with van der Waals surface area (Å²) < 4.78 is 62.7. The van der Waals surface area contributed by atoms with E-state index < -0.39 is 27.0 Å². The zero-order valence-corrected chi connectivity index (χ0v) is 11.8. The lowest BCUT2D eigenvalue weighted by molar-refractivity contribution is -0.137. The predicted molar refractivity (Wildman–Crippen MR) is 70.9 cm³/mol. The summed E-state index contributed by atoms with van der Waals surface area (Å²) in [6, 6.07) is 3.67. The van der Waals surface area contributed by atoms with Crippen LogP contribution in [0.3, 0.4) is 0 Å². The van der Waals surface area contributed by atoms with Gasteiger partial charge in [0.1, 0.15) is 5.37 Å². The number of rotatable bonds is 3. The van der Waals surface area contributed by atoms with Gasteiger partial charge in [-0.05, 0) is 49.2 Å².